The Labute approximate surface area is 90.2 Å². The minimum atomic E-state index is -1.29. The van der Waals surface area contributed by atoms with E-state index in [1.807, 2.05) is 0 Å². The van der Waals surface area contributed by atoms with Gasteiger partial charge in [0.1, 0.15) is 6.04 Å². The van der Waals surface area contributed by atoms with E-state index in [-0.39, 0.29) is 40.6 Å². The van der Waals surface area contributed by atoms with E-state index >= 15 is 0 Å². The van der Waals surface area contributed by atoms with Crippen molar-refractivity contribution in [2.45, 2.75) is 12.5 Å². The molecule has 0 aliphatic rings. The van der Waals surface area contributed by atoms with Crippen LogP contribution in [-0.4, -0.2) is 65.9 Å². The molecule has 0 radical (unpaired) electrons. The van der Waals surface area contributed by atoms with Crippen LogP contribution in [0.4, 0.5) is 0 Å². The van der Waals surface area contributed by atoms with Crippen LogP contribution in [0.3, 0.4) is 0 Å². The van der Waals surface area contributed by atoms with Crippen molar-refractivity contribution in [1.82, 2.24) is 0 Å². The predicted octanol–water partition coefficient (Wildman–Crippen LogP) is -1.28. The van der Waals surface area contributed by atoms with E-state index in [4.69, 9.17) is 15.9 Å². The molecule has 0 rings (SSSR count). The molecule has 0 bridgehead atoms. The van der Waals surface area contributed by atoms with Crippen molar-refractivity contribution in [3.05, 3.63) is 0 Å². The number of nitrogens with two attached hydrogens (primary N) is 1. The average molecular weight is 175 g/mol. The Balaban J connectivity index is -0.000000107. The van der Waals surface area contributed by atoms with Crippen molar-refractivity contribution >= 4 is 49.7 Å². The molecule has 0 fully saturated rings. The molecule has 6 heteroatoms. The van der Waals surface area contributed by atoms with Crippen LogP contribution in [0.1, 0.15) is 9.27 Å². The molecule has 0 amide bonds. The largest absolute Gasteiger partial charge is 2.00 e. The molecule has 4 N–H and O–H groups in total. The topological polar surface area (TPSA) is 101 Å². The number of carboxylic acid groups (broad SMARTS) is 2. The smallest absolute Gasteiger partial charge is 1.00 e. The summed E-state index contributed by atoms with van der Waals surface area (Å²) in [7, 11) is 0. The number of aliphatic carboxylic acids is 2. The Kier molecular flexibility index (Phi) is 7.56. The van der Waals surface area contributed by atoms with E-state index < -0.39 is 24.4 Å². The molecule has 0 spiro atoms. The van der Waals surface area contributed by atoms with Crippen LogP contribution in [-0.2, 0) is 9.59 Å². The van der Waals surface area contributed by atoms with Crippen molar-refractivity contribution in [2.75, 3.05) is 0 Å². The van der Waals surface area contributed by atoms with Crippen LogP contribution in [0.25, 0.3) is 0 Å². The number of carbonyl (C=O) groups is 2. The summed E-state index contributed by atoms with van der Waals surface area (Å²) >= 11 is 0. The molecule has 0 aliphatic carbocycles. The maximum atomic E-state index is 9.85. The van der Waals surface area contributed by atoms with E-state index in [9.17, 15) is 9.59 Å². The van der Waals surface area contributed by atoms with Gasteiger partial charge in [0.25, 0.3) is 0 Å². The zero-order valence-corrected chi connectivity index (χ0v) is 7.49. The molecule has 1 atom stereocenters. The van der Waals surface area contributed by atoms with E-state index in [0.29, 0.717) is 0 Å². The Hall–Kier alpha value is 0.160. The van der Waals surface area contributed by atoms with Crippen LogP contribution in [0.5, 0.6) is 0 Å². The molecule has 56 valence electrons. The van der Waals surface area contributed by atoms with Gasteiger partial charge >= 0.3 is 49.7 Å². The summed E-state index contributed by atoms with van der Waals surface area (Å²) in [6.07, 6.45) is -0.532. The summed E-state index contributed by atoms with van der Waals surface area (Å²) < 4.78 is 0. The number of hydrogen-bond acceptors (Lipinski definition) is 3. The van der Waals surface area contributed by atoms with Crippen molar-refractivity contribution in [3.63, 3.8) is 0 Å². The third kappa shape index (κ3) is 6.28. The second kappa shape index (κ2) is 5.91. The van der Waals surface area contributed by atoms with Gasteiger partial charge in [-0.1, -0.05) is 0 Å². The van der Waals surface area contributed by atoms with Crippen LogP contribution in [0.2, 0.25) is 0 Å². The summed E-state index contributed by atoms with van der Waals surface area (Å²) in [6.45, 7) is 0. The molecule has 1 unspecified atom stereocenters. The fourth-order valence-corrected chi connectivity index (χ4v) is 0.275. The fraction of sp³-hybridized carbons (Fsp3) is 0.500. The summed E-state index contributed by atoms with van der Waals surface area (Å²) in [4.78, 5) is 19.6. The molecule has 0 aromatic carbocycles. The van der Waals surface area contributed by atoms with Crippen molar-refractivity contribution in [1.29, 1.82) is 0 Å². The van der Waals surface area contributed by atoms with Gasteiger partial charge in [0, 0.05) is 0 Å². The predicted molar refractivity (Wildman–Crippen MR) is 35.8 cm³/mol. The van der Waals surface area contributed by atoms with Gasteiger partial charge in [-0.05, 0) is 0 Å². The molecular formula is C4H9CaNO4. The van der Waals surface area contributed by atoms with Gasteiger partial charge in [0.05, 0.1) is 6.42 Å². The van der Waals surface area contributed by atoms with Crippen LogP contribution >= 0.6 is 0 Å². The monoisotopic (exact) mass is 175 g/mol. The minimum Gasteiger partial charge on any atom is -1.00 e. The molecule has 10 heavy (non-hydrogen) atoms. The Bertz CT molecular complexity index is 145. The first kappa shape index (κ1) is 12.8. The summed E-state index contributed by atoms with van der Waals surface area (Å²) in [5.74, 6) is -2.50. The third-order valence-electron chi connectivity index (χ3n) is 0.712. The number of hydrogen-bond donors (Lipinski definition) is 3. The summed E-state index contributed by atoms with van der Waals surface area (Å²) in [5, 5.41) is 16.0. The minimum absolute atomic E-state index is 0. The van der Waals surface area contributed by atoms with Gasteiger partial charge in [-0.25, -0.2) is 0 Å². The van der Waals surface area contributed by atoms with Gasteiger partial charge in [0.15, 0.2) is 0 Å². The normalized spacial score (nSPS) is 11.3. The van der Waals surface area contributed by atoms with Gasteiger partial charge in [-0.15, -0.1) is 0 Å². The van der Waals surface area contributed by atoms with Gasteiger partial charge in [-0.2, -0.15) is 0 Å². The van der Waals surface area contributed by atoms with Crippen molar-refractivity contribution < 1.29 is 22.7 Å². The quantitative estimate of drug-likeness (QED) is 0.464. The van der Waals surface area contributed by atoms with Crippen LogP contribution in [0.15, 0.2) is 0 Å². The standard InChI is InChI=1S/C4H7NO4.Ca.2H/c5-2(4(8)9)1-3(6)7;;;/h2H,1,5H2,(H,6,7)(H,8,9);;;/q;+2;2*-1. The SMILES string of the molecule is NC(CC(=O)O)C(=O)O.[Ca+2].[H-].[H-]. The maximum absolute atomic E-state index is 9.85. The molecule has 0 heterocycles. The van der Waals surface area contributed by atoms with E-state index in [0.717, 1.165) is 0 Å². The summed E-state index contributed by atoms with van der Waals surface area (Å²) in [5.41, 5.74) is 4.84. The fourth-order valence-electron chi connectivity index (χ4n) is 0.275. The van der Waals surface area contributed by atoms with Gasteiger partial charge < -0.3 is 18.8 Å². The van der Waals surface area contributed by atoms with E-state index in [1.54, 1.807) is 0 Å². The first-order valence-corrected chi connectivity index (χ1v) is 2.24. The second-order valence-electron chi connectivity index (χ2n) is 1.54. The molecular weight excluding hydrogens is 166 g/mol. The molecule has 0 aromatic rings. The Morgan fingerprint density at radius 3 is 2.00 bits per heavy atom. The van der Waals surface area contributed by atoms with E-state index in [2.05, 4.69) is 0 Å². The molecule has 5 nitrogen and oxygen atoms in total. The van der Waals surface area contributed by atoms with Crippen molar-refractivity contribution in [3.8, 4) is 0 Å². The summed E-state index contributed by atoms with van der Waals surface area (Å²) in [6, 6.07) is -1.29. The molecule has 0 aliphatic heterocycles. The van der Waals surface area contributed by atoms with Crippen LogP contribution in [0, 0.1) is 0 Å². The van der Waals surface area contributed by atoms with Crippen molar-refractivity contribution in [2.24, 2.45) is 5.73 Å². The maximum Gasteiger partial charge on any atom is 2.00 e. The average Bonchev–Trinajstić information content (AvgIpc) is 1.63. The molecule has 0 saturated carbocycles. The zero-order chi connectivity index (χ0) is 7.44. The number of rotatable bonds is 3. The Morgan fingerprint density at radius 2 is 1.90 bits per heavy atom. The zero-order valence-electron chi connectivity index (χ0n) is 7.28. The molecule has 0 aromatic heterocycles. The Morgan fingerprint density at radius 1 is 1.50 bits per heavy atom. The van der Waals surface area contributed by atoms with E-state index in [1.165, 1.54) is 0 Å². The first-order chi connectivity index (χ1) is 4.04. The number of carboxylic acids is 2. The van der Waals surface area contributed by atoms with Gasteiger partial charge in [0.2, 0.25) is 0 Å². The molecule has 0 saturated heterocycles. The van der Waals surface area contributed by atoms with Gasteiger partial charge in [-0.3, -0.25) is 9.59 Å². The third-order valence-corrected chi connectivity index (χ3v) is 0.712. The first-order valence-electron chi connectivity index (χ1n) is 2.24. The second-order valence-corrected chi connectivity index (χ2v) is 1.54. The van der Waals surface area contributed by atoms with Crippen LogP contribution < -0.4 is 5.73 Å².